The highest BCUT2D eigenvalue weighted by molar-refractivity contribution is 5.38. The molecule has 1 aromatic heterocycles. The summed E-state index contributed by atoms with van der Waals surface area (Å²) in [6, 6.07) is 3.89. The van der Waals surface area contributed by atoms with Crippen molar-refractivity contribution < 1.29 is 13.2 Å². The Morgan fingerprint density at radius 2 is 2.06 bits per heavy atom. The minimum absolute atomic E-state index is 0.324. The van der Waals surface area contributed by atoms with Gasteiger partial charge >= 0.3 is 6.18 Å². The van der Waals surface area contributed by atoms with Crippen molar-refractivity contribution >= 4 is 5.82 Å². The summed E-state index contributed by atoms with van der Waals surface area (Å²) >= 11 is 0. The molecule has 90 valence electrons. The van der Waals surface area contributed by atoms with Gasteiger partial charge in [0.2, 0.25) is 0 Å². The van der Waals surface area contributed by atoms with Gasteiger partial charge in [0, 0.05) is 20.1 Å². The Balaban J connectivity index is 2.82. The number of alkyl halides is 3. The number of nitrogens with one attached hydrogen (secondary N) is 1. The summed E-state index contributed by atoms with van der Waals surface area (Å²) in [6.07, 6.45) is -4.39. The van der Waals surface area contributed by atoms with Crippen LogP contribution in [0.1, 0.15) is 5.69 Å². The number of rotatable bonds is 4. The van der Waals surface area contributed by atoms with E-state index in [1.54, 1.807) is 25.1 Å². The first-order valence-corrected chi connectivity index (χ1v) is 4.85. The van der Waals surface area contributed by atoms with Crippen molar-refractivity contribution in [2.24, 2.45) is 0 Å². The molecule has 0 aliphatic carbocycles. The monoisotopic (exact) mass is 233 g/mol. The number of aromatic nitrogens is 1. The van der Waals surface area contributed by atoms with Crippen molar-refractivity contribution in [1.29, 1.82) is 0 Å². The number of halogens is 3. The van der Waals surface area contributed by atoms with Crippen LogP contribution in [-0.2, 0) is 6.18 Å². The van der Waals surface area contributed by atoms with Crippen molar-refractivity contribution in [3.8, 4) is 0 Å². The van der Waals surface area contributed by atoms with Crippen molar-refractivity contribution in [3.63, 3.8) is 0 Å². The second-order valence-electron chi connectivity index (χ2n) is 3.40. The molecule has 0 fully saturated rings. The predicted molar refractivity (Wildman–Crippen MR) is 56.4 cm³/mol. The minimum atomic E-state index is -4.39. The van der Waals surface area contributed by atoms with Gasteiger partial charge in [0.1, 0.15) is 11.5 Å². The Morgan fingerprint density at radius 3 is 2.62 bits per heavy atom. The number of likely N-dealkylation sites (N-methyl/N-ethyl adjacent to an activating group) is 2. The molecule has 6 heteroatoms. The lowest BCUT2D eigenvalue weighted by atomic mass is 10.3. The topological polar surface area (TPSA) is 28.2 Å². The van der Waals surface area contributed by atoms with E-state index in [0.29, 0.717) is 18.9 Å². The highest BCUT2D eigenvalue weighted by Crippen LogP contribution is 2.28. The van der Waals surface area contributed by atoms with Crippen LogP contribution in [0.15, 0.2) is 18.2 Å². The van der Waals surface area contributed by atoms with Gasteiger partial charge in [0.15, 0.2) is 0 Å². The molecule has 0 aromatic carbocycles. The molecular formula is C10H14F3N3. The summed E-state index contributed by atoms with van der Waals surface area (Å²) in [6.45, 7) is 1.29. The number of pyridine rings is 1. The van der Waals surface area contributed by atoms with Crippen LogP contribution in [0, 0.1) is 0 Å². The van der Waals surface area contributed by atoms with E-state index >= 15 is 0 Å². The van der Waals surface area contributed by atoms with Crippen molar-refractivity contribution in [2.75, 3.05) is 32.1 Å². The molecule has 0 radical (unpaired) electrons. The second kappa shape index (κ2) is 5.16. The predicted octanol–water partition coefficient (Wildman–Crippen LogP) is 1.76. The zero-order valence-corrected chi connectivity index (χ0v) is 9.17. The SMILES string of the molecule is CNCCN(C)c1cccc(C(F)(F)F)n1. The number of nitrogens with zero attached hydrogens (tertiary/aromatic N) is 2. The zero-order valence-electron chi connectivity index (χ0n) is 9.17. The highest BCUT2D eigenvalue weighted by atomic mass is 19.4. The van der Waals surface area contributed by atoms with Crippen LogP contribution >= 0.6 is 0 Å². The average Bonchev–Trinajstić information content (AvgIpc) is 2.25. The molecule has 0 bridgehead atoms. The minimum Gasteiger partial charge on any atom is -0.358 e. The summed E-state index contributed by atoms with van der Waals surface area (Å²) in [4.78, 5) is 5.24. The maximum absolute atomic E-state index is 12.4. The van der Waals surface area contributed by atoms with Crippen molar-refractivity contribution in [2.45, 2.75) is 6.18 Å². The van der Waals surface area contributed by atoms with Gasteiger partial charge in [-0.2, -0.15) is 13.2 Å². The van der Waals surface area contributed by atoms with E-state index in [4.69, 9.17) is 0 Å². The lowest BCUT2D eigenvalue weighted by Gasteiger charge is -2.18. The maximum Gasteiger partial charge on any atom is 0.433 e. The zero-order chi connectivity index (χ0) is 12.2. The van der Waals surface area contributed by atoms with Gasteiger partial charge in [-0.1, -0.05) is 6.07 Å². The van der Waals surface area contributed by atoms with Gasteiger partial charge in [-0.15, -0.1) is 0 Å². The Hall–Kier alpha value is -1.30. The Bertz CT molecular complexity index is 338. The lowest BCUT2D eigenvalue weighted by molar-refractivity contribution is -0.141. The van der Waals surface area contributed by atoms with Crippen LogP contribution < -0.4 is 10.2 Å². The molecular weight excluding hydrogens is 219 g/mol. The van der Waals surface area contributed by atoms with E-state index in [2.05, 4.69) is 10.3 Å². The Labute approximate surface area is 92.3 Å². The van der Waals surface area contributed by atoms with Crippen molar-refractivity contribution in [1.82, 2.24) is 10.3 Å². The first kappa shape index (κ1) is 12.8. The van der Waals surface area contributed by atoms with Crippen molar-refractivity contribution in [3.05, 3.63) is 23.9 Å². The van der Waals surface area contributed by atoms with Crippen LogP contribution in [-0.4, -0.2) is 32.2 Å². The molecule has 1 heterocycles. The molecule has 0 saturated carbocycles. The fraction of sp³-hybridized carbons (Fsp3) is 0.500. The standard InChI is InChI=1S/C10H14F3N3/c1-14-6-7-16(2)9-5-3-4-8(15-9)10(11,12)13/h3-5,14H,6-7H2,1-2H3. The third kappa shape index (κ3) is 3.37. The van der Waals surface area contributed by atoms with Crippen LogP contribution in [0.2, 0.25) is 0 Å². The van der Waals surface area contributed by atoms with Gasteiger partial charge in [0.05, 0.1) is 0 Å². The van der Waals surface area contributed by atoms with E-state index in [1.165, 1.54) is 6.07 Å². The van der Waals surface area contributed by atoms with E-state index in [1.807, 2.05) is 0 Å². The second-order valence-corrected chi connectivity index (χ2v) is 3.40. The Kier molecular flexibility index (Phi) is 4.12. The number of hydrogen-bond acceptors (Lipinski definition) is 3. The molecule has 0 aliphatic heterocycles. The molecule has 0 spiro atoms. The van der Waals surface area contributed by atoms with Crippen LogP contribution in [0.3, 0.4) is 0 Å². The van der Waals surface area contributed by atoms with E-state index in [9.17, 15) is 13.2 Å². The lowest BCUT2D eigenvalue weighted by Crippen LogP contribution is -2.28. The van der Waals surface area contributed by atoms with Crippen LogP contribution in [0.5, 0.6) is 0 Å². The van der Waals surface area contributed by atoms with Gasteiger partial charge in [-0.3, -0.25) is 0 Å². The molecule has 0 unspecified atom stereocenters. The largest absolute Gasteiger partial charge is 0.433 e. The fourth-order valence-electron chi connectivity index (χ4n) is 1.19. The first-order valence-electron chi connectivity index (χ1n) is 4.85. The van der Waals surface area contributed by atoms with Gasteiger partial charge in [-0.25, -0.2) is 4.98 Å². The van der Waals surface area contributed by atoms with Gasteiger partial charge in [0.25, 0.3) is 0 Å². The maximum atomic E-state index is 12.4. The number of anilines is 1. The first-order chi connectivity index (χ1) is 7.45. The van der Waals surface area contributed by atoms with E-state index in [0.717, 1.165) is 6.07 Å². The fourth-order valence-corrected chi connectivity index (χ4v) is 1.19. The van der Waals surface area contributed by atoms with Crippen LogP contribution in [0.25, 0.3) is 0 Å². The van der Waals surface area contributed by atoms with Gasteiger partial charge < -0.3 is 10.2 Å². The highest BCUT2D eigenvalue weighted by Gasteiger charge is 2.32. The molecule has 16 heavy (non-hydrogen) atoms. The normalized spacial score (nSPS) is 11.6. The third-order valence-electron chi connectivity index (χ3n) is 2.11. The third-order valence-corrected chi connectivity index (χ3v) is 2.11. The summed E-state index contributed by atoms with van der Waals surface area (Å²) < 4.78 is 37.2. The molecule has 0 atom stereocenters. The quantitative estimate of drug-likeness (QED) is 0.858. The summed E-state index contributed by atoms with van der Waals surface area (Å²) in [5.74, 6) is 0.324. The Morgan fingerprint density at radius 1 is 1.38 bits per heavy atom. The molecule has 1 rings (SSSR count). The van der Waals surface area contributed by atoms with Gasteiger partial charge in [-0.05, 0) is 19.2 Å². The molecule has 3 nitrogen and oxygen atoms in total. The van der Waals surface area contributed by atoms with E-state index < -0.39 is 11.9 Å². The number of hydrogen-bond donors (Lipinski definition) is 1. The molecule has 0 amide bonds. The summed E-state index contributed by atoms with van der Waals surface area (Å²) in [5, 5.41) is 2.92. The molecule has 1 aromatic rings. The average molecular weight is 233 g/mol. The van der Waals surface area contributed by atoms with E-state index in [-0.39, 0.29) is 0 Å². The molecule has 1 N–H and O–H groups in total. The smallest absolute Gasteiger partial charge is 0.358 e. The molecule has 0 saturated heterocycles. The summed E-state index contributed by atoms with van der Waals surface area (Å²) in [5.41, 5.74) is -0.860. The van der Waals surface area contributed by atoms with Crippen LogP contribution in [0.4, 0.5) is 19.0 Å². The summed E-state index contributed by atoms with van der Waals surface area (Å²) in [7, 11) is 3.49. The molecule has 0 aliphatic rings.